The summed E-state index contributed by atoms with van der Waals surface area (Å²) in [4.78, 5) is 16.0. The molecule has 5 nitrogen and oxygen atoms in total. The van der Waals surface area contributed by atoms with Crippen molar-refractivity contribution in [1.82, 2.24) is 10.4 Å². The van der Waals surface area contributed by atoms with Gasteiger partial charge in [-0.1, -0.05) is 13.0 Å². The Balaban J connectivity index is 2.22. The van der Waals surface area contributed by atoms with Gasteiger partial charge in [-0.3, -0.25) is 4.79 Å². The van der Waals surface area contributed by atoms with Crippen molar-refractivity contribution in [2.24, 2.45) is 11.0 Å². The van der Waals surface area contributed by atoms with Gasteiger partial charge in [-0.05, 0) is 25.1 Å². The minimum absolute atomic E-state index is 0.0435. The van der Waals surface area contributed by atoms with Gasteiger partial charge < -0.3 is 4.74 Å². The molecule has 1 unspecified atom stereocenters. The van der Waals surface area contributed by atoms with Crippen LogP contribution in [0.5, 0.6) is 5.75 Å². The molecule has 2 heterocycles. The number of hydrogen-bond acceptors (Lipinski definition) is 4. The molecule has 1 aromatic carbocycles. The lowest BCUT2D eigenvalue weighted by atomic mass is 9.91. The first kappa shape index (κ1) is 13.5. The number of methoxy groups -OCH3 is 1. The Morgan fingerprint density at radius 3 is 2.81 bits per heavy atom. The van der Waals surface area contributed by atoms with Gasteiger partial charge >= 0.3 is 0 Å². The van der Waals surface area contributed by atoms with Crippen molar-refractivity contribution in [1.29, 1.82) is 0 Å². The number of aromatic nitrogens is 1. The van der Waals surface area contributed by atoms with E-state index in [2.05, 4.69) is 15.5 Å². The maximum atomic E-state index is 11.4. The number of hydrogen-bond donors (Lipinski definition) is 1. The molecular weight excluding hydrogens is 266 g/mol. The van der Waals surface area contributed by atoms with Gasteiger partial charge in [0.05, 0.1) is 12.8 Å². The maximum absolute atomic E-state index is 11.4. The highest BCUT2D eigenvalue weighted by Gasteiger charge is 2.23. The average Bonchev–Trinajstić information content (AvgIpc) is 2.46. The standard InChI is InChI=1S/C16H17N3O2/c1-9-8-14(20)18-19-15(9)11-6-7-13(21-3)16-12(11)5-4-10(2)17-16/h4-7,9H,8H2,1-3H3,(H,18,20). The van der Waals surface area contributed by atoms with Crippen LogP contribution in [-0.4, -0.2) is 23.7 Å². The monoisotopic (exact) mass is 283 g/mol. The predicted molar refractivity (Wildman–Crippen MR) is 81.5 cm³/mol. The number of amides is 1. The molecule has 1 atom stereocenters. The zero-order chi connectivity index (χ0) is 15.0. The molecule has 1 amide bonds. The molecule has 0 bridgehead atoms. The molecule has 0 fully saturated rings. The van der Waals surface area contributed by atoms with E-state index in [0.717, 1.165) is 33.6 Å². The molecule has 1 aliphatic rings. The van der Waals surface area contributed by atoms with Crippen molar-refractivity contribution in [2.75, 3.05) is 7.11 Å². The smallest absolute Gasteiger partial charge is 0.240 e. The molecule has 0 aliphatic carbocycles. The van der Waals surface area contributed by atoms with E-state index in [4.69, 9.17) is 4.74 Å². The number of carbonyl (C=O) groups is 1. The normalized spacial score (nSPS) is 18.3. The minimum Gasteiger partial charge on any atom is -0.494 e. The number of fused-ring (bicyclic) bond motifs is 1. The van der Waals surface area contributed by atoms with Crippen LogP contribution in [0.3, 0.4) is 0 Å². The third-order valence-corrected chi connectivity index (χ3v) is 3.71. The molecule has 1 N–H and O–H groups in total. The molecule has 21 heavy (non-hydrogen) atoms. The summed E-state index contributed by atoms with van der Waals surface area (Å²) in [6.45, 7) is 3.96. The Morgan fingerprint density at radius 1 is 1.29 bits per heavy atom. The third kappa shape index (κ3) is 2.35. The Kier molecular flexibility index (Phi) is 3.33. The fraction of sp³-hybridized carbons (Fsp3) is 0.312. The highest BCUT2D eigenvalue weighted by Crippen LogP contribution is 2.30. The van der Waals surface area contributed by atoms with E-state index in [-0.39, 0.29) is 11.8 Å². The van der Waals surface area contributed by atoms with Crippen molar-refractivity contribution in [2.45, 2.75) is 20.3 Å². The fourth-order valence-electron chi connectivity index (χ4n) is 2.66. The number of hydrazone groups is 1. The number of benzene rings is 1. The Bertz CT molecular complexity index is 753. The van der Waals surface area contributed by atoms with Gasteiger partial charge in [0, 0.05) is 29.0 Å². The van der Waals surface area contributed by atoms with Crippen LogP contribution in [0.4, 0.5) is 0 Å². The summed E-state index contributed by atoms with van der Waals surface area (Å²) in [5.74, 6) is 0.778. The quantitative estimate of drug-likeness (QED) is 0.920. The fourth-order valence-corrected chi connectivity index (χ4v) is 2.66. The number of nitrogens with one attached hydrogen (secondary N) is 1. The zero-order valence-electron chi connectivity index (χ0n) is 12.3. The molecule has 0 radical (unpaired) electrons. The third-order valence-electron chi connectivity index (χ3n) is 3.71. The first-order valence-corrected chi connectivity index (χ1v) is 6.91. The van der Waals surface area contributed by atoms with Crippen LogP contribution in [0.2, 0.25) is 0 Å². The Labute approximate surface area is 123 Å². The lowest BCUT2D eigenvalue weighted by molar-refractivity contribution is -0.121. The SMILES string of the molecule is COc1ccc(C2=NNC(=O)CC2C)c2ccc(C)nc12. The van der Waals surface area contributed by atoms with Gasteiger partial charge in [-0.25, -0.2) is 10.4 Å². The largest absolute Gasteiger partial charge is 0.494 e. The number of aryl methyl sites for hydroxylation is 1. The van der Waals surface area contributed by atoms with Crippen molar-refractivity contribution in [3.05, 3.63) is 35.5 Å². The molecule has 5 heteroatoms. The van der Waals surface area contributed by atoms with Gasteiger partial charge in [0.15, 0.2) is 0 Å². The zero-order valence-corrected chi connectivity index (χ0v) is 12.3. The Morgan fingerprint density at radius 2 is 2.10 bits per heavy atom. The molecule has 0 spiro atoms. The van der Waals surface area contributed by atoms with Crippen LogP contribution in [0.25, 0.3) is 10.9 Å². The van der Waals surface area contributed by atoms with Crippen molar-refractivity contribution in [3.8, 4) is 5.75 Å². The van der Waals surface area contributed by atoms with E-state index >= 15 is 0 Å². The van der Waals surface area contributed by atoms with E-state index in [1.54, 1.807) is 7.11 Å². The minimum atomic E-state index is -0.0435. The molecule has 1 aromatic heterocycles. The second-order valence-corrected chi connectivity index (χ2v) is 5.30. The number of carbonyl (C=O) groups excluding carboxylic acids is 1. The molecule has 0 saturated carbocycles. The number of rotatable bonds is 2. The van der Waals surface area contributed by atoms with Crippen LogP contribution in [0, 0.1) is 12.8 Å². The predicted octanol–water partition coefficient (Wildman–Crippen LogP) is 2.41. The molecule has 0 saturated heterocycles. The Hall–Kier alpha value is -2.43. The highest BCUT2D eigenvalue weighted by molar-refractivity contribution is 6.14. The molecular formula is C16H17N3O2. The van der Waals surface area contributed by atoms with E-state index in [9.17, 15) is 4.79 Å². The summed E-state index contributed by atoms with van der Waals surface area (Å²) >= 11 is 0. The molecule has 1 aliphatic heterocycles. The topological polar surface area (TPSA) is 63.6 Å². The molecule has 3 rings (SSSR count). The van der Waals surface area contributed by atoms with Gasteiger partial charge in [0.25, 0.3) is 0 Å². The van der Waals surface area contributed by atoms with Gasteiger partial charge in [0.1, 0.15) is 11.3 Å². The van der Waals surface area contributed by atoms with E-state index in [0.29, 0.717) is 6.42 Å². The summed E-state index contributed by atoms with van der Waals surface area (Å²) in [5, 5.41) is 5.23. The van der Waals surface area contributed by atoms with Gasteiger partial charge in [-0.15, -0.1) is 0 Å². The molecule has 108 valence electrons. The van der Waals surface area contributed by atoms with Crippen molar-refractivity contribution >= 4 is 22.5 Å². The van der Waals surface area contributed by atoms with Crippen molar-refractivity contribution < 1.29 is 9.53 Å². The number of pyridine rings is 1. The van der Waals surface area contributed by atoms with Crippen LogP contribution < -0.4 is 10.2 Å². The summed E-state index contributed by atoms with van der Waals surface area (Å²) in [5.41, 5.74) is 6.19. The van der Waals surface area contributed by atoms with Crippen LogP contribution in [0.15, 0.2) is 29.4 Å². The van der Waals surface area contributed by atoms with Crippen molar-refractivity contribution in [3.63, 3.8) is 0 Å². The van der Waals surface area contributed by atoms with Crippen LogP contribution in [0.1, 0.15) is 24.6 Å². The first-order valence-electron chi connectivity index (χ1n) is 6.91. The second-order valence-electron chi connectivity index (χ2n) is 5.30. The van der Waals surface area contributed by atoms with E-state index < -0.39 is 0 Å². The maximum Gasteiger partial charge on any atom is 0.240 e. The summed E-state index contributed by atoms with van der Waals surface area (Å²) < 4.78 is 5.40. The second kappa shape index (κ2) is 5.16. The van der Waals surface area contributed by atoms with Gasteiger partial charge in [-0.2, -0.15) is 5.10 Å². The molecule has 2 aromatic rings. The summed E-state index contributed by atoms with van der Waals surface area (Å²) in [7, 11) is 1.64. The van der Waals surface area contributed by atoms with Gasteiger partial charge in [0.2, 0.25) is 5.91 Å². The van der Waals surface area contributed by atoms with Crippen LogP contribution in [-0.2, 0) is 4.79 Å². The summed E-state index contributed by atoms with van der Waals surface area (Å²) in [6, 6.07) is 7.87. The lowest BCUT2D eigenvalue weighted by Gasteiger charge is -2.20. The van der Waals surface area contributed by atoms with Crippen LogP contribution >= 0.6 is 0 Å². The van der Waals surface area contributed by atoms with E-state index in [1.165, 1.54) is 0 Å². The highest BCUT2D eigenvalue weighted by atomic mass is 16.5. The summed E-state index contributed by atoms with van der Waals surface area (Å²) in [6.07, 6.45) is 0.450. The number of ether oxygens (including phenoxy) is 1. The number of nitrogens with zero attached hydrogens (tertiary/aromatic N) is 2. The average molecular weight is 283 g/mol. The lowest BCUT2D eigenvalue weighted by Crippen LogP contribution is -2.32. The first-order chi connectivity index (χ1) is 10.1. The van der Waals surface area contributed by atoms with E-state index in [1.807, 2.05) is 38.1 Å².